The number of hydrogen-bond acceptors (Lipinski definition) is 1. The lowest BCUT2D eigenvalue weighted by molar-refractivity contribution is 0.290. The van der Waals surface area contributed by atoms with Crippen molar-refractivity contribution in [1.82, 2.24) is 0 Å². The maximum atomic E-state index is 13.2. The highest BCUT2D eigenvalue weighted by molar-refractivity contribution is 9.09. The lowest BCUT2D eigenvalue weighted by Crippen LogP contribution is -1.98. The Hall–Kier alpha value is -0.570. The molecule has 0 radical (unpaired) electrons. The van der Waals surface area contributed by atoms with Gasteiger partial charge in [0, 0.05) is 5.33 Å². The van der Waals surface area contributed by atoms with Crippen LogP contribution in [0, 0.1) is 5.82 Å². The van der Waals surface area contributed by atoms with Crippen LogP contribution in [0.4, 0.5) is 4.39 Å². The zero-order valence-electron chi connectivity index (χ0n) is 10.1. The number of hydrogen-bond donors (Lipinski definition) is 0. The van der Waals surface area contributed by atoms with E-state index < -0.39 is 0 Å². The molecule has 3 heteroatoms. The highest BCUT2D eigenvalue weighted by atomic mass is 79.9. The minimum atomic E-state index is -0.273. The largest absolute Gasteiger partial charge is 0.491 e. The van der Waals surface area contributed by atoms with E-state index in [9.17, 15) is 4.39 Å². The van der Waals surface area contributed by atoms with E-state index >= 15 is 0 Å². The zero-order chi connectivity index (χ0) is 12.3. The second-order valence-corrected chi connectivity index (χ2v) is 4.88. The second-order valence-electron chi connectivity index (χ2n) is 4.09. The van der Waals surface area contributed by atoms with E-state index in [1.54, 1.807) is 18.2 Å². The van der Waals surface area contributed by atoms with Crippen molar-refractivity contribution in [2.24, 2.45) is 0 Å². The van der Waals surface area contributed by atoms with Crippen molar-refractivity contribution in [3.63, 3.8) is 0 Å². The third kappa shape index (κ3) is 6.67. The molecule has 0 fully saturated rings. The van der Waals surface area contributed by atoms with Gasteiger partial charge in [0.2, 0.25) is 0 Å². The molecular weight excluding hydrogens is 283 g/mol. The van der Waals surface area contributed by atoms with E-state index in [1.165, 1.54) is 31.7 Å². The summed E-state index contributed by atoms with van der Waals surface area (Å²) >= 11 is 3.42. The number of benzene rings is 1. The molecule has 0 saturated heterocycles. The Kier molecular flexibility index (Phi) is 8.06. The minimum absolute atomic E-state index is 0.273. The molecule has 0 saturated carbocycles. The Labute approximate surface area is 111 Å². The van der Waals surface area contributed by atoms with Gasteiger partial charge in [0.15, 0.2) is 11.6 Å². The van der Waals surface area contributed by atoms with E-state index in [1.807, 2.05) is 0 Å². The van der Waals surface area contributed by atoms with Crippen LogP contribution in [-0.4, -0.2) is 11.9 Å². The van der Waals surface area contributed by atoms with Gasteiger partial charge in [-0.2, -0.15) is 0 Å². The predicted molar refractivity (Wildman–Crippen MR) is 73.4 cm³/mol. The molecule has 0 aliphatic rings. The first-order valence-electron chi connectivity index (χ1n) is 6.28. The Morgan fingerprint density at radius 1 is 0.941 bits per heavy atom. The van der Waals surface area contributed by atoms with Crippen LogP contribution in [0.15, 0.2) is 24.3 Å². The third-order valence-electron chi connectivity index (χ3n) is 2.62. The standard InChI is InChI=1S/C14H20BrFO/c15-11-7-3-1-2-4-8-12-17-14-10-6-5-9-13(14)16/h5-6,9-10H,1-4,7-8,11-12H2. The molecule has 0 aliphatic carbocycles. The van der Waals surface area contributed by atoms with Gasteiger partial charge >= 0.3 is 0 Å². The van der Waals surface area contributed by atoms with E-state index in [-0.39, 0.29) is 5.82 Å². The van der Waals surface area contributed by atoms with Gasteiger partial charge in [-0.25, -0.2) is 4.39 Å². The van der Waals surface area contributed by atoms with E-state index in [2.05, 4.69) is 15.9 Å². The summed E-state index contributed by atoms with van der Waals surface area (Å²) < 4.78 is 18.6. The van der Waals surface area contributed by atoms with Crippen LogP contribution in [-0.2, 0) is 0 Å². The molecule has 0 aliphatic heterocycles. The third-order valence-corrected chi connectivity index (χ3v) is 3.18. The smallest absolute Gasteiger partial charge is 0.165 e. The van der Waals surface area contributed by atoms with Crippen LogP contribution in [0.3, 0.4) is 0 Å². The summed E-state index contributed by atoms with van der Waals surface area (Å²) in [4.78, 5) is 0. The normalized spacial score (nSPS) is 10.5. The van der Waals surface area contributed by atoms with Gasteiger partial charge in [0.1, 0.15) is 0 Å². The SMILES string of the molecule is Fc1ccccc1OCCCCCCCCBr. The number of halogens is 2. The number of rotatable bonds is 9. The first kappa shape index (κ1) is 14.5. The van der Waals surface area contributed by atoms with Crippen LogP contribution >= 0.6 is 15.9 Å². The van der Waals surface area contributed by atoms with Crippen LogP contribution in [0.1, 0.15) is 38.5 Å². The summed E-state index contributed by atoms with van der Waals surface area (Å²) in [6, 6.07) is 6.56. The maximum absolute atomic E-state index is 13.2. The lowest BCUT2D eigenvalue weighted by atomic mass is 10.1. The maximum Gasteiger partial charge on any atom is 0.165 e. The highest BCUT2D eigenvalue weighted by Gasteiger charge is 2.00. The minimum Gasteiger partial charge on any atom is -0.491 e. The molecule has 0 N–H and O–H groups in total. The van der Waals surface area contributed by atoms with Gasteiger partial charge in [-0.15, -0.1) is 0 Å². The van der Waals surface area contributed by atoms with Gasteiger partial charge < -0.3 is 4.74 Å². The van der Waals surface area contributed by atoms with E-state index in [0.717, 1.165) is 18.2 Å². The average molecular weight is 303 g/mol. The molecule has 1 nitrogen and oxygen atoms in total. The van der Waals surface area contributed by atoms with E-state index in [4.69, 9.17) is 4.74 Å². The molecule has 0 heterocycles. The van der Waals surface area contributed by atoms with Gasteiger partial charge in [0.25, 0.3) is 0 Å². The van der Waals surface area contributed by atoms with Crippen LogP contribution < -0.4 is 4.74 Å². The molecular formula is C14H20BrFO. The summed E-state index contributed by atoms with van der Waals surface area (Å²) in [6.07, 6.45) is 7.24. The Bertz CT molecular complexity index is 304. The molecule has 1 aromatic carbocycles. The second kappa shape index (κ2) is 9.46. The van der Waals surface area contributed by atoms with Crippen molar-refractivity contribution in [2.45, 2.75) is 38.5 Å². The average Bonchev–Trinajstić information content (AvgIpc) is 2.35. The molecule has 0 bridgehead atoms. The molecule has 0 spiro atoms. The molecule has 17 heavy (non-hydrogen) atoms. The number of ether oxygens (including phenoxy) is 1. The molecule has 1 rings (SSSR count). The predicted octanol–water partition coefficient (Wildman–Crippen LogP) is 4.94. The van der Waals surface area contributed by atoms with Crippen LogP contribution in [0.2, 0.25) is 0 Å². The summed E-state index contributed by atoms with van der Waals surface area (Å²) in [7, 11) is 0. The van der Waals surface area contributed by atoms with Crippen molar-refractivity contribution in [3.8, 4) is 5.75 Å². The quantitative estimate of drug-likeness (QED) is 0.464. The van der Waals surface area contributed by atoms with Crippen molar-refractivity contribution < 1.29 is 9.13 Å². The lowest BCUT2D eigenvalue weighted by Gasteiger charge is -2.06. The zero-order valence-corrected chi connectivity index (χ0v) is 11.7. The topological polar surface area (TPSA) is 9.23 Å². The fourth-order valence-electron chi connectivity index (χ4n) is 1.65. The van der Waals surface area contributed by atoms with Gasteiger partial charge in [0.05, 0.1) is 6.61 Å². The summed E-state index contributed by atoms with van der Waals surface area (Å²) in [6.45, 7) is 0.610. The van der Waals surface area contributed by atoms with Crippen molar-refractivity contribution >= 4 is 15.9 Å². The van der Waals surface area contributed by atoms with Crippen LogP contribution in [0.5, 0.6) is 5.75 Å². The molecule has 0 aromatic heterocycles. The first-order valence-corrected chi connectivity index (χ1v) is 7.40. The summed E-state index contributed by atoms with van der Waals surface area (Å²) in [5.41, 5.74) is 0. The fourth-order valence-corrected chi connectivity index (χ4v) is 2.04. The van der Waals surface area contributed by atoms with Crippen molar-refractivity contribution in [1.29, 1.82) is 0 Å². The van der Waals surface area contributed by atoms with Gasteiger partial charge in [-0.1, -0.05) is 53.7 Å². The molecule has 0 amide bonds. The fraction of sp³-hybridized carbons (Fsp3) is 0.571. The van der Waals surface area contributed by atoms with Gasteiger partial charge in [-0.05, 0) is 25.0 Å². The summed E-state index contributed by atoms with van der Waals surface area (Å²) in [5, 5.41) is 1.10. The Balaban J connectivity index is 1.99. The monoisotopic (exact) mass is 302 g/mol. The molecule has 96 valence electrons. The molecule has 1 aromatic rings. The summed E-state index contributed by atoms with van der Waals surface area (Å²) in [5.74, 6) is 0.0941. The Morgan fingerprint density at radius 2 is 1.59 bits per heavy atom. The van der Waals surface area contributed by atoms with E-state index in [0.29, 0.717) is 12.4 Å². The first-order chi connectivity index (χ1) is 8.34. The van der Waals surface area contributed by atoms with Crippen molar-refractivity contribution in [2.75, 3.05) is 11.9 Å². The Morgan fingerprint density at radius 3 is 2.29 bits per heavy atom. The number of alkyl halides is 1. The highest BCUT2D eigenvalue weighted by Crippen LogP contribution is 2.16. The molecule has 0 atom stereocenters. The van der Waals surface area contributed by atoms with Crippen molar-refractivity contribution in [3.05, 3.63) is 30.1 Å². The van der Waals surface area contributed by atoms with Crippen LogP contribution in [0.25, 0.3) is 0 Å². The van der Waals surface area contributed by atoms with Gasteiger partial charge in [-0.3, -0.25) is 0 Å². The number of unbranched alkanes of at least 4 members (excludes halogenated alkanes) is 5. The molecule has 0 unspecified atom stereocenters. The number of para-hydroxylation sites is 1.